The molecule has 0 aromatic heterocycles. The Morgan fingerprint density at radius 2 is 2.20 bits per heavy atom. The maximum atomic E-state index is 11.7. The summed E-state index contributed by atoms with van der Waals surface area (Å²) in [6, 6.07) is 0. The summed E-state index contributed by atoms with van der Waals surface area (Å²) in [5.74, 6) is -1.06. The van der Waals surface area contributed by atoms with Crippen LogP contribution in [-0.2, 0) is 9.53 Å². The van der Waals surface area contributed by atoms with Crippen molar-refractivity contribution in [3.05, 3.63) is 0 Å². The van der Waals surface area contributed by atoms with E-state index in [0.717, 1.165) is 13.0 Å². The Labute approximate surface area is 118 Å². The van der Waals surface area contributed by atoms with E-state index in [1.165, 1.54) is 0 Å². The quantitative estimate of drug-likeness (QED) is 0.408. The van der Waals surface area contributed by atoms with Crippen LogP contribution < -0.4 is 11.1 Å². The molecular weight excluding hydrogens is 263 g/mol. The monoisotopic (exact) mass is 286 g/mol. The van der Waals surface area contributed by atoms with Crippen LogP contribution in [0.4, 0.5) is 0 Å². The van der Waals surface area contributed by atoms with Crippen molar-refractivity contribution >= 4 is 13.1 Å². The molecule has 6 N–H and O–H groups in total. The Bertz CT molecular complexity index is 388. The molecule has 0 bridgehead atoms. The van der Waals surface area contributed by atoms with Gasteiger partial charge in [0, 0.05) is 13.0 Å². The Morgan fingerprint density at radius 3 is 2.70 bits per heavy atom. The van der Waals surface area contributed by atoms with Crippen LogP contribution in [0, 0.1) is 0 Å². The van der Waals surface area contributed by atoms with E-state index in [1.54, 1.807) is 6.92 Å². The van der Waals surface area contributed by atoms with Crippen molar-refractivity contribution in [1.82, 2.24) is 5.32 Å². The number of ether oxygens (including phenoxy) is 1. The lowest BCUT2D eigenvalue weighted by atomic mass is 9.73. The minimum absolute atomic E-state index is 0.180. The third-order valence-electron chi connectivity index (χ3n) is 4.69. The summed E-state index contributed by atoms with van der Waals surface area (Å²) in [7, 11) is -1.39. The zero-order valence-electron chi connectivity index (χ0n) is 11.8. The zero-order chi connectivity index (χ0) is 15.0. The average Bonchev–Trinajstić information content (AvgIpc) is 2.84. The van der Waals surface area contributed by atoms with Crippen LogP contribution in [0.3, 0.4) is 0 Å². The highest BCUT2D eigenvalue weighted by Gasteiger charge is 2.64. The molecule has 0 radical (unpaired) electrons. The van der Waals surface area contributed by atoms with Crippen molar-refractivity contribution in [1.29, 1.82) is 0 Å². The first-order valence-corrected chi connectivity index (χ1v) is 7.02. The molecule has 0 aromatic carbocycles. The fourth-order valence-corrected chi connectivity index (χ4v) is 3.46. The van der Waals surface area contributed by atoms with Gasteiger partial charge in [0.1, 0.15) is 5.54 Å². The summed E-state index contributed by atoms with van der Waals surface area (Å²) >= 11 is 0. The molecule has 2 saturated heterocycles. The van der Waals surface area contributed by atoms with Gasteiger partial charge in [0.15, 0.2) is 0 Å². The molecule has 8 heteroatoms. The number of carbonyl (C=O) groups is 1. The Morgan fingerprint density at radius 1 is 1.50 bits per heavy atom. The number of aliphatic carboxylic acids is 1. The third-order valence-corrected chi connectivity index (χ3v) is 4.69. The first-order chi connectivity index (χ1) is 9.23. The summed E-state index contributed by atoms with van der Waals surface area (Å²) in [5.41, 5.74) is 3.22. The van der Waals surface area contributed by atoms with Gasteiger partial charge in [-0.3, -0.25) is 4.79 Å². The Balaban J connectivity index is 2.16. The van der Waals surface area contributed by atoms with E-state index in [4.69, 9.17) is 20.5 Å². The third kappa shape index (κ3) is 2.58. The summed E-state index contributed by atoms with van der Waals surface area (Å²) in [5, 5.41) is 30.5. The minimum atomic E-state index is -1.45. The van der Waals surface area contributed by atoms with Gasteiger partial charge in [-0.1, -0.05) is 6.42 Å². The molecule has 1 spiro atoms. The molecule has 3 unspecified atom stereocenters. The lowest BCUT2D eigenvalue weighted by Crippen LogP contribution is -2.61. The van der Waals surface area contributed by atoms with Crippen molar-refractivity contribution < 1.29 is 24.7 Å². The van der Waals surface area contributed by atoms with Crippen LogP contribution in [0.5, 0.6) is 0 Å². The highest BCUT2D eigenvalue weighted by molar-refractivity contribution is 6.40. The lowest BCUT2D eigenvalue weighted by molar-refractivity contribution is -0.153. The average molecular weight is 286 g/mol. The van der Waals surface area contributed by atoms with E-state index in [9.17, 15) is 9.90 Å². The van der Waals surface area contributed by atoms with Crippen LogP contribution in [0.2, 0.25) is 6.32 Å². The number of carboxylic acid groups (broad SMARTS) is 1. The SMILES string of the molecule is CC1(CCCB(O)O)OC2(CCNC2)CC1(N)C(=O)O. The van der Waals surface area contributed by atoms with Gasteiger partial charge >= 0.3 is 13.1 Å². The first kappa shape index (κ1) is 15.7. The van der Waals surface area contributed by atoms with E-state index < -0.39 is 29.8 Å². The fraction of sp³-hybridized carbons (Fsp3) is 0.917. The molecule has 2 aliphatic rings. The van der Waals surface area contributed by atoms with Gasteiger partial charge in [-0.15, -0.1) is 0 Å². The molecule has 2 aliphatic heterocycles. The molecule has 0 aliphatic carbocycles. The normalized spacial score (nSPS) is 40.4. The number of hydrogen-bond acceptors (Lipinski definition) is 6. The summed E-state index contributed by atoms with van der Waals surface area (Å²) in [4.78, 5) is 11.7. The molecule has 20 heavy (non-hydrogen) atoms. The Hall–Kier alpha value is -0.665. The predicted octanol–water partition coefficient (Wildman–Crippen LogP) is -1.07. The minimum Gasteiger partial charge on any atom is -0.480 e. The second-order valence-corrected chi connectivity index (χ2v) is 6.27. The number of nitrogens with one attached hydrogen (secondary N) is 1. The smallest absolute Gasteiger partial charge is 0.451 e. The van der Waals surface area contributed by atoms with Crippen molar-refractivity contribution in [3.8, 4) is 0 Å². The maximum Gasteiger partial charge on any atom is 0.451 e. The maximum absolute atomic E-state index is 11.7. The molecule has 3 atom stereocenters. The van der Waals surface area contributed by atoms with Gasteiger partial charge in [-0.25, -0.2) is 0 Å². The predicted molar refractivity (Wildman–Crippen MR) is 73.1 cm³/mol. The fourth-order valence-electron chi connectivity index (χ4n) is 3.46. The summed E-state index contributed by atoms with van der Waals surface area (Å²) in [6.45, 7) is 3.12. The van der Waals surface area contributed by atoms with Crippen LogP contribution >= 0.6 is 0 Å². The van der Waals surface area contributed by atoms with Gasteiger partial charge in [0.25, 0.3) is 0 Å². The van der Waals surface area contributed by atoms with Crippen LogP contribution in [-0.4, -0.2) is 58.1 Å². The molecule has 2 heterocycles. The van der Waals surface area contributed by atoms with Gasteiger partial charge < -0.3 is 30.9 Å². The van der Waals surface area contributed by atoms with E-state index >= 15 is 0 Å². The van der Waals surface area contributed by atoms with E-state index in [2.05, 4.69) is 5.32 Å². The summed E-state index contributed by atoms with van der Waals surface area (Å²) < 4.78 is 6.12. The molecule has 7 nitrogen and oxygen atoms in total. The van der Waals surface area contributed by atoms with Gasteiger partial charge in [-0.05, 0) is 32.6 Å². The molecule has 114 valence electrons. The van der Waals surface area contributed by atoms with Gasteiger partial charge in [0.05, 0.1) is 11.2 Å². The van der Waals surface area contributed by atoms with E-state index in [1.807, 2.05) is 0 Å². The molecule has 0 saturated carbocycles. The summed E-state index contributed by atoms with van der Waals surface area (Å²) in [6.07, 6.45) is 2.04. The van der Waals surface area contributed by atoms with Crippen molar-refractivity contribution in [2.24, 2.45) is 5.73 Å². The van der Waals surface area contributed by atoms with E-state index in [0.29, 0.717) is 19.4 Å². The lowest BCUT2D eigenvalue weighted by Gasteiger charge is -2.36. The topological polar surface area (TPSA) is 125 Å². The standard InChI is InChI=1S/C12H23BN2O5/c1-10(3-2-5-13(18)19)12(14,9(16)17)7-11(20-10)4-6-15-8-11/h15,18-19H,2-8,14H2,1H3,(H,16,17). The molecule has 2 rings (SSSR count). The van der Waals surface area contributed by atoms with Gasteiger partial charge in [0.2, 0.25) is 0 Å². The van der Waals surface area contributed by atoms with Crippen LogP contribution in [0.25, 0.3) is 0 Å². The van der Waals surface area contributed by atoms with E-state index in [-0.39, 0.29) is 12.7 Å². The molecular formula is C12H23BN2O5. The van der Waals surface area contributed by atoms with Crippen molar-refractivity contribution in [2.45, 2.75) is 55.7 Å². The second kappa shape index (κ2) is 5.27. The Kier molecular flexibility index (Phi) is 4.14. The molecule has 0 amide bonds. The second-order valence-electron chi connectivity index (χ2n) is 6.27. The number of carboxylic acids is 1. The van der Waals surface area contributed by atoms with Crippen LogP contribution in [0.15, 0.2) is 0 Å². The number of nitrogens with two attached hydrogens (primary N) is 1. The largest absolute Gasteiger partial charge is 0.480 e. The van der Waals surface area contributed by atoms with Crippen LogP contribution in [0.1, 0.15) is 32.6 Å². The van der Waals surface area contributed by atoms with Crippen molar-refractivity contribution in [2.75, 3.05) is 13.1 Å². The van der Waals surface area contributed by atoms with Crippen molar-refractivity contribution in [3.63, 3.8) is 0 Å². The number of rotatable bonds is 5. The molecule has 2 fully saturated rings. The number of hydrogen-bond donors (Lipinski definition) is 5. The molecule has 0 aromatic rings. The highest BCUT2D eigenvalue weighted by Crippen LogP contribution is 2.49. The van der Waals surface area contributed by atoms with Gasteiger partial charge in [-0.2, -0.15) is 0 Å². The zero-order valence-corrected chi connectivity index (χ0v) is 11.8. The first-order valence-electron chi connectivity index (χ1n) is 7.02. The highest BCUT2D eigenvalue weighted by atomic mass is 16.5.